The number of aliphatic hydroxyl groups is 4. The summed E-state index contributed by atoms with van der Waals surface area (Å²) in [7, 11) is 0. The van der Waals surface area contributed by atoms with Crippen LogP contribution in [0.1, 0.15) is 116 Å². The average Bonchev–Trinajstić information content (AvgIpc) is 4.08. The predicted molar refractivity (Wildman–Crippen MR) is 254 cm³/mol. The highest BCUT2D eigenvalue weighted by Crippen LogP contribution is 2.70. The second kappa shape index (κ2) is 21.4. The molecule has 2 aliphatic heterocycles. The van der Waals surface area contributed by atoms with E-state index in [0.717, 1.165) is 76.2 Å². The number of rotatable bonds is 20. The van der Waals surface area contributed by atoms with Gasteiger partial charge in [0.25, 0.3) is 0 Å². The van der Waals surface area contributed by atoms with Gasteiger partial charge >= 0.3 is 18.0 Å². The van der Waals surface area contributed by atoms with Crippen LogP contribution < -0.4 is 11.1 Å². The number of carboxylic acid groups (broad SMARTS) is 1. The number of nitrogen functional groups attached to an aromatic ring is 1. The number of carbonyl (C=O) groups excluding carboxylic acids is 2. The van der Waals surface area contributed by atoms with Crippen LogP contribution in [0, 0.1) is 34.5 Å². The molecular formula is C48H70N8O11S. The molecule has 8 rings (SSSR count). The van der Waals surface area contributed by atoms with E-state index in [1.165, 1.54) is 29.0 Å². The van der Waals surface area contributed by atoms with Crippen molar-refractivity contribution in [2.45, 2.75) is 159 Å². The summed E-state index contributed by atoms with van der Waals surface area (Å²) in [6.07, 6.45) is 14.0. The Balaban J connectivity index is 0.657. The molecule has 374 valence electrons. The topological polar surface area (TPSA) is 286 Å². The lowest BCUT2D eigenvalue weighted by atomic mass is 9.42. The van der Waals surface area contributed by atoms with Crippen molar-refractivity contribution in [2.75, 3.05) is 36.9 Å². The van der Waals surface area contributed by atoms with Gasteiger partial charge in [-0.1, -0.05) is 13.8 Å². The number of aliphatic carboxylic acids is 1. The Morgan fingerprint density at radius 1 is 1.03 bits per heavy atom. The fourth-order valence-electron chi connectivity index (χ4n) is 12.8. The molecule has 0 spiro atoms. The van der Waals surface area contributed by atoms with E-state index in [2.05, 4.69) is 37.2 Å². The van der Waals surface area contributed by atoms with E-state index in [-0.39, 0.29) is 53.8 Å². The third-order valence-electron chi connectivity index (χ3n) is 16.7. The number of carboxylic acids is 1. The molecule has 0 bridgehead atoms. The number of aliphatic hydroxyl groups excluding tert-OH is 3. The fraction of sp³-hybridized carbons (Fsp3) is 0.750. The molecule has 0 aromatic carbocycles. The lowest BCUT2D eigenvalue weighted by Crippen LogP contribution is -2.67. The van der Waals surface area contributed by atoms with Crippen molar-refractivity contribution in [1.82, 2.24) is 24.8 Å². The number of ether oxygens (including phenoxy) is 3. The van der Waals surface area contributed by atoms with Crippen molar-refractivity contribution in [1.29, 1.82) is 0 Å². The smallest absolute Gasteiger partial charge is 0.407 e. The summed E-state index contributed by atoms with van der Waals surface area (Å²) in [5, 5.41) is 58.3. The zero-order chi connectivity index (χ0) is 48.2. The number of alkyl carbamates (subject to hydrolysis) is 1. The summed E-state index contributed by atoms with van der Waals surface area (Å²) >= 11 is 1.42. The highest BCUT2D eigenvalue weighted by molar-refractivity contribution is 7.99. The standard InChI is InChI=1S/C48H70N8O11S/c1-46-14-11-30(22-29(46)9-10-32-33(46)23-36(57)47(2)31(12-15-48(32,47)64)28-21-37(58)65-24-28)66-45(63)52-19-8-4-6-17-50-16-5-3-7-18-51-34(44(61)62)13-20-68-25-35-39(59)40(60)43(67-35)56-27-55-38-41(49)53-26-54-42(38)56/h16,18,21,26-27,29-36,39-40,43,57,59-60,64H,3-15,17,19-20,22-25H2,1-2H3,(H,52,63)(H,61,62)(H2,49,53,54)/b50-16+,51-18+/t29-,30-,31-,32?,33+,34+,35-,36-,39-,40-,43-,46+,47+,48+/m1/s1. The number of carbonyl (C=O) groups is 3. The molecule has 4 heterocycles. The molecule has 20 heteroatoms. The Labute approximate surface area is 401 Å². The van der Waals surface area contributed by atoms with Gasteiger partial charge in [0.05, 0.1) is 24.1 Å². The number of imidazole rings is 1. The largest absolute Gasteiger partial charge is 0.480 e. The Kier molecular flexibility index (Phi) is 15.8. The summed E-state index contributed by atoms with van der Waals surface area (Å²) in [6.45, 7) is 5.83. The fourth-order valence-corrected chi connectivity index (χ4v) is 13.9. The molecule has 8 N–H and O–H groups in total. The van der Waals surface area contributed by atoms with E-state index in [9.17, 15) is 39.9 Å². The molecular weight excluding hydrogens is 897 g/mol. The lowest BCUT2D eigenvalue weighted by molar-refractivity contribution is -0.244. The molecule has 5 fully saturated rings. The van der Waals surface area contributed by atoms with Gasteiger partial charge < -0.3 is 50.8 Å². The van der Waals surface area contributed by atoms with Crippen LogP contribution >= 0.6 is 11.8 Å². The maximum atomic E-state index is 12.8. The van der Waals surface area contributed by atoms with Crippen molar-refractivity contribution in [3.63, 3.8) is 0 Å². The summed E-state index contributed by atoms with van der Waals surface area (Å²) in [5.74, 6) is 0.189. The van der Waals surface area contributed by atoms with E-state index in [0.29, 0.717) is 67.4 Å². The minimum Gasteiger partial charge on any atom is -0.480 e. The van der Waals surface area contributed by atoms with Gasteiger partial charge in [-0.05, 0) is 149 Å². The number of nitrogens with zero attached hydrogens (tertiary/aromatic N) is 6. The van der Waals surface area contributed by atoms with Crippen LogP contribution in [-0.2, 0) is 23.8 Å². The quantitative estimate of drug-likeness (QED) is 0.0550. The van der Waals surface area contributed by atoms with Gasteiger partial charge in [0.1, 0.15) is 42.8 Å². The van der Waals surface area contributed by atoms with E-state index < -0.39 is 53.7 Å². The van der Waals surface area contributed by atoms with Gasteiger partial charge in [0, 0.05) is 30.3 Å². The van der Waals surface area contributed by atoms with E-state index in [4.69, 9.17) is 19.9 Å². The van der Waals surface area contributed by atoms with Gasteiger partial charge in [-0.3, -0.25) is 14.6 Å². The molecule has 0 radical (unpaired) electrons. The summed E-state index contributed by atoms with van der Waals surface area (Å²) in [6, 6.07) is -0.883. The number of anilines is 1. The minimum absolute atomic E-state index is 0.0589. The lowest BCUT2D eigenvalue weighted by Gasteiger charge is -2.65. The normalized spacial score (nSPS) is 36.1. The molecule has 14 atom stereocenters. The first-order valence-electron chi connectivity index (χ1n) is 24.6. The number of hydrogen-bond acceptors (Lipinski definition) is 17. The number of aromatic nitrogens is 4. The maximum Gasteiger partial charge on any atom is 0.407 e. The Bertz CT molecular complexity index is 2210. The first-order valence-corrected chi connectivity index (χ1v) is 25.8. The number of fused-ring (bicyclic) bond motifs is 6. The molecule has 4 aliphatic carbocycles. The zero-order valence-corrected chi connectivity index (χ0v) is 40.1. The Morgan fingerprint density at radius 3 is 2.65 bits per heavy atom. The molecule has 4 saturated carbocycles. The van der Waals surface area contributed by atoms with Gasteiger partial charge in [0.15, 0.2) is 17.7 Å². The van der Waals surface area contributed by atoms with Crippen molar-refractivity contribution in [3.8, 4) is 0 Å². The monoisotopic (exact) mass is 966 g/mol. The number of hydrogen-bond donors (Lipinski definition) is 7. The molecule has 19 nitrogen and oxygen atoms in total. The predicted octanol–water partition coefficient (Wildman–Crippen LogP) is 4.41. The van der Waals surface area contributed by atoms with E-state index >= 15 is 0 Å². The number of thioether (sulfide) groups is 1. The van der Waals surface area contributed by atoms with Crippen LogP contribution in [0.3, 0.4) is 0 Å². The minimum atomic E-state index is -1.22. The molecule has 1 unspecified atom stereocenters. The summed E-state index contributed by atoms with van der Waals surface area (Å²) in [4.78, 5) is 57.7. The Hall–Kier alpha value is -4.21. The van der Waals surface area contributed by atoms with Crippen LogP contribution in [0.5, 0.6) is 0 Å². The third kappa shape index (κ3) is 10.0. The molecule has 2 aromatic rings. The second-order valence-electron chi connectivity index (χ2n) is 20.4. The van der Waals surface area contributed by atoms with Crippen LogP contribution in [0.4, 0.5) is 10.6 Å². The first kappa shape index (κ1) is 50.2. The number of amides is 1. The molecule has 68 heavy (non-hydrogen) atoms. The maximum absolute atomic E-state index is 12.8. The third-order valence-corrected chi connectivity index (χ3v) is 17.8. The number of unbranched alkanes of at least 4 members (excludes halogenated alkanes) is 4. The molecule has 1 amide bonds. The number of esters is 1. The van der Waals surface area contributed by atoms with Crippen LogP contribution in [0.25, 0.3) is 11.2 Å². The van der Waals surface area contributed by atoms with Crippen LogP contribution in [-0.4, -0.2) is 149 Å². The Morgan fingerprint density at radius 2 is 1.85 bits per heavy atom. The highest BCUT2D eigenvalue weighted by Gasteiger charge is 2.71. The van der Waals surface area contributed by atoms with Crippen molar-refractivity contribution in [2.24, 2.45) is 44.5 Å². The number of cyclic esters (lactones) is 1. The SMILES string of the molecule is C[C@]12CC[C@@H](OC(=O)NCCCCC/N=C/CCC/C=N/[C@@H](CCSC[C@H]3O[C@@H](n4cnc5c(N)ncnc54)[C@H](O)[C@@H]3O)C(=O)O)C[C@H]1CCC1[C@@H]2C[C@@H](O)[C@]2(C)[C@@H](C3=CC(=O)OC3)CC[C@]12O. The van der Waals surface area contributed by atoms with Gasteiger partial charge in [-0.2, -0.15) is 11.8 Å². The van der Waals surface area contributed by atoms with E-state index in [1.54, 1.807) is 12.3 Å². The summed E-state index contributed by atoms with van der Waals surface area (Å²) < 4.78 is 18.7. The zero-order valence-electron chi connectivity index (χ0n) is 39.2. The van der Waals surface area contributed by atoms with Crippen LogP contribution in [0.15, 0.2) is 34.3 Å². The number of aliphatic imine (C=N–C) groups is 2. The van der Waals surface area contributed by atoms with Crippen LogP contribution in [0.2, 0.25) is 0 Å². The van der Waals surface area contributed by atoms with Gasteiger partial charge in [0.2, 0.25) is 0 Å². The van der Waals surface area contributed by atoms with E-state index in [1.807, 2.05) is 13.1 Å². The molecule has 2 aromatic heterocycles. The van der Waals surface area contributed by atoms with Gasteiger partial charge in [-0.25, -0.2) is 29.3 Å². The van der Waals surface area contributed by atoms with Crippen molar-refractivity contribution in [3.05, 3.63) is 24.3 Å². The molecule has 1 saturated heterocycles. The van der Waals surface area contributed by atoms with Crippen molar-refractivity contribution >= 4 is 59.2 Å². The highest BCUT2D eigenvalue weighted by atomic mass is 32.2. The van der Waals surface area contributed by atoms with Gasteiger partial charge in [-0.15, -0.1) is 0 Å². The second-order valence-corrected chi connectivity index (χ2v) is 21.5. The molecule has 6 aliphatic rings. The number of nitrogens with one attached hydrogen (secondary N) is 1. The average molecular weight is 967 g/mol. The number of nitrogens with two attached hydrogens (primary N) is 1. The summed E-state index contributed by atoms with van der Waals surface area (Å²) in [5.41, 5.74) is 5.73. The van der Waals surface area contributed by atoms with Crippen molar-refractivity contribution < 1.29 is 54.1 Å². The first-order chi connectivity index (χ1) is 32.7.